The highest BCUT2D eigenvalue weighted by atomic mass is 16.6. The van der Waals surface area contributed by atoms with Crippen LogP contribution in [0.15, 0.2) is 16.9 Å². The van der Waals surface area contributed by atoms with Crippen molar-refractivity contribution in [3.63, 3.8) is 0 Å². The highest BCUT2D eigenvalue weighted by Crippen LogP contribution is 2.15. The molecule has 2 aromatic rings. The Morgan fingerprint density at radius 3 is 2.71 bits per heavy atom. The molecule has 7 nitrogen and oxygen atoms in total. The van der Waals surface area contributed by atoms with Crippen LogP contribution in [0.1, 0.15) is 37.8 Å². The summed E-state index contributed by atoms with van der Waals surface area (Å²) in [6.45, 7) is 9.72. The average molecular weight is 292 g/mol. The standard InChI is InChI=1S/C14H20N4O3/c1-9-12(10(2)21-17-9)8-18-7-11(6-15-18)16-13(19)20-14(3,4)5/h6-7H,8H2,1-5H3,(H,16,19). The number of nitrogens with one attached hydrogen (secondary N) is 1. The van der Waals surface area contributed by atoms with Crippen molar-refractivity contribution in [3.05, 3.63) is 29.4 Å². The highest BCUT2D eigenvalue weighted by Gasteiger charge is 2.17. The first-order chi connectivity index (χ1) is 9.74. The molecule has 0 saturated carbocycles. The smallest absolute Gasteiger partial charge is 0.412 e. The highest BCUT2D eigenvalue weighted by molar-refractivity contribution is 5.84. The average Bonchev–Trinajstić information content (AvgIpc) is 2.88. The van der Waals surface area contributed by atoms with Gasteiger partial charge in [-0.3, -0.25) is 10.00 Å². The number of aromatic nitrogens is 3. The monoisotopic (exact) mass is 292 g/mol. The van der Waals surface area contributed by atoms with Crippen molar-refractivity contribution in [1.82, 2.24) is 14.9 Å². The molecule has 0 aliphatic rings. The first-order valence-corrected chi connectivity index (χ1v) is 6.69. The Labute approximate surface area is 123 Å². The molecular formula is C14H20N4O3. The first kappa shape index (κ1) is 15.1. The Bertz CT molecular complexity index is 617. The number of ether oxygens (including phenoxy) is 1. The van der Waals surface area contributed by atoms with E-state index in [-0.39, 0.29) is 0 Å². The molecule has 0 fully saturated rings. The quantitative estimate of drug-likeness (QED) is 0.940. The second-order valence-electron chi connectivity index (χ2n) is 5.86. The number of hydrogen-bond donors (Lipinski definition) is 1. The number of carbonyl (C=O) groups is 1. The topological polar surface area (TPSA) is 82.2 Å². The number of amides is 1. The van der Waals surface area contributed by atoms with Gasteiger partial charge in [0.05, 0.1) is 24.1 Å². The maximum atomic E-state index is 11.7. The van der Waals surface area contributed by atoms with Gasteiger partial charge in [0.15, 0.2) is 0 Å². The summed E-state index contributed by atoms with van der Waals surface area (Å²) in [6.07, 6.45) is 2.80. The molecule has 21 heavy (non-hydrogen) atoms. The largest absolute Gasteiger partial charge is 0.444 e. The predicted octanol–water partition coefficient (Wildman–Crippen LogP) is 2.88. The maximum Gasteiger partial charge on any atom is 0.412 e. The van der Waals surface area contributed by atoms with Gasteiger partial charge in [-0.2, -0.15) is 5.10 Å². The lowest BCUT2D eigenvalue weighted by Crippen LogP contribution is -2.27. The Balaban J connectivity index is 2.00. The number of rotatable bonds is 3. The van der Waals surface area contributed by atoms with Gasteiger partial charge in [-0.1, -0.05) is 5.16 Å². The molecule has 114 valence electrons. The van der Waals surface area contributed by atoms with Crippen LogP contribution in [0.4, 0.5) is 10.5 Å². The summed E-state index contributed by atoms with van der Waals surface area (Å²) in [5.74, 6) is 0.768. The van der Waals surface area contributed by atoms with Gasteiger partial charge in [-0.05, 0) is 34.6 Å². The number of hydrogen-bond acceptors (Lipinski definition) is 5. The van der Waals surface area contributed by atoms with E-state index in [0.717, 1.165) is 17.0 Å². The molecule has 2 heterocycles. The number of anilines is 1. The first-order valence-electron chi connectivity index (χ1n) is 6.69. The summed E-state index contributed by atoms with van der Waals surface area (Å²) in [7, 11) is 0. The van der Waals surface area contributed by atoms with Crippen molar-refractivity contribution in [2.24, 2.45) is 0 Å². The molecule has 0 aromatic carbocycles. The summed E-state index contributed by atoms with van der Waals surface area (Å²) >= 11 is 0. The van der Waals surface area contributed by atoms with Crippen LogP contribution in [0, 0.1) is 13.8 Å². The molecule has 2 aromatic heterocycles. The van der Waals surface area contributed by atoms with E-state index in [2.05, 4.69) is 15.6 Å². The van der Waals surface area contributed by atoms with Gasteiger partial charge in [0.2, 0.25) is 0 Å². The number of carbonyl (C=O) groups excluding carboxylic acids is 1. The molecule has 0 aliphatic carbocycles. The van der Waals surface area contributed by atoms with E-state index in [0.29, 0.717) is 12.2 Å². The Kier molecular flexibility index (Phi) is 4.02. The SMILES string of the molecule is Cc1noc(C)c1Cn1cc(NC(=O)OC(C)(C)C)cn1. The predicted molar refractivity (Wildman–Crippen MR) is 77.2 cm³/mol. The molecule has 7 heteroatoms. The minimum absolute atomic E-state index is 0.501. The van der Waals surface area contributed by atoms with Crippen molar-refractivity contribution in [3.8, 4) is 0 Å². The van der Waals surface area contributed by atoms with E-state index in [1.807, 2.05) is 34.6 Å². The zero-order valence-electron chi connectivity index (χ0n) is 12.9. The molecule has 1 amide bonds. The summed E-state index contributed by atoms with van der Waals surface area (Å²) in [4.78, 5) is 11.7. The lowest BCUT2D eigenvalue weighted by Gasteiger charge is -2.19. The molecule has 2 rings (SSSR count). The van der Waals surface area contributed by atoms with Gasteiger partial charge in [0, 0.05) is 11.8 Å². The zero-order valence-corrected chi connectivity index (χ0v) is 12.9. The van der Waals surface area contributed by atoms with Crippen molar-refractivity contribution in [2.45, 2.75) is 46.8 Å². The zero-order chi connectivity index (χ0) is 15.6. The molecular weight excluding hydrogens is 272 g/mol. The van der Waals surface area contributed by atoms with Gasteiger partial charge < -0.3 is 9.26 Å². The fourth-order valence-corrected chi connectivity index (χ4v) is 1.83. The molecule has 0 atom stereocenters. The van der Waals surface area contributed by atoms with Gasteiger partial charge in [0.25, 0.3) is 0 Å². The van der Waals surface area contributed by atoms with Crippen molar-refractivity contribution in [2.75, 3.05) is 5.32 Å². The second-order valence-corrected chi connectivity index (χ2v) is 5.86. The summed E-state index contributed by atoms with van der Waals surface area (Å²) in [6, 6.07) is 0. The summed E-state index contributed by atoms with van der Waals surface area (Å²) in [5, 5.41) is 10.7. The maximum absolute atomic E-state index is 11.7. The van der Waals surface area contributed by atoms with E-state index >= 15 is 0 Å². The van der Waals surface area contributed by atoms with E-state index in [1.54, 1.807) is 17.1 Å². The fourth-order valence-electron chi connectivity index (χ4n) is 1.83. The van der Waals surface area contributed by atoms with Crippen molar-refractivity contribution < 1.29 is 14.1 Å². The van der Waals surface area contributed by atoms with Crippen LogP contribution in [-0.2, 0) is 11.3 Å². The van der Waals surface area contributed by atoms with Gasteiger partial charge in [-0.25, -0.2) is 4.79 Å². The molecule has 0 aliphatic heterocycles. The Morgan fingerprint density at radius 2 is 2.14 bits per heavy atom. The van der Waals surface area contributed by atoms with Crippen LogP contribution in [0.5, 0.6) is 0 Å². The lowest BCUT2D eigenvalue weighted by atomic mass is 10.2. The third kappa shape index (κ3) is 4.08. The second kappa shape index (κ2) is 5.59. The molecule has 0 unspecified atom stereocenters. The van der Waals surface area contributed by atoms with Crippen LogP contribution in [0.3, 0.4) is 0 Å². The van der Waals surface area contributed by atoms with Gasteiger partial charge in [-0.15, -0.1) is 0 Å². The lowest BCUT2D eigenvalue weighted by molar-refractivity contribution is 0.0636. The summed E-state index contributed by atoms with van der Waals surface area (Å²) < 4.78 is 12.0. The number of aryl methyl sites for hydroxylation is 2. The molecule has 0 saturated heterocycles. The van der Waals surface area contributed by atoms with Crippen LogP contribution in [0.2, 0.25) is 0 Å². The summed E-state index contributed by atoms with van der Waals surface area (Å²) in [5.41, 5.74) is 1.87. The normalized spacial score (nSPS) is 11.5. The van der Waals surface area contributed by atoms with Crippen LogP contribution >= 0.6 is 0 Å². The number of nitrogens with zero attached hydrogens (tertiary/aromatic N) is 3. The van der Waals surface area contributed by atoms with E-state index < -0.39 is 11.7 Å². The minimum Gasteiger partial charge on any atom is -0.444 e. The van der Waals surface area contributed by atoms with Crippen molar-refractivity contribution in [1.29, 1.82) is 0 Å². The van der Waals surface area contributed by atoms with E-state index in [9.17, 15) is 4.79 Å². The molecule has 1 N–H and O–H groups in total. The Morgan fingerprint density at radius 1 is 1.43 bits per heavy atom. The van der Waals surface area contributed by atoms with Crippen molar-refractivity contribution >= 4 is 11.8 Å². The van der Waals surface area contributed by atoms with E-state index in [1.165, 1.54) is 0 Å². The van der Waals surface area contributed by atoms with Gasteiger partial charge >= 0.3 is 6.09 Å². The molecule has 0 bridgehead atoms. The third-order valence-electron chi connectivity index (χ3n) is 2.78. The minimum atomic E-state index is -0.531. The van der Waals surface area contributed by atoms with Gasteiger partial charge in [0.1, 0.15) is 11.4 Å². The van der Waals surface area contributed by atoms with E-state index in [4.69, 9.17) is 9.26 Å². The van der Waals surface area contributed by atoms with Crippen LogP contribution in [-0.4, -0.2) is 26.6 Å². The Hall–Kier alpha value is -2.31. The third-order valence-corrected chi connectivity index (χ3v) is 2.78. The van der Waals surface area contributed by atoms with Crippen LogP contribution in [0.25, 0.3) is 0 Å². The fraction of sp³-hybridized carbons (Fsp3) is 0.500. The molecule has 0 radical (unpaired) electrons. The van der Waals surface area contributed by atoms with Crippen LogP contribution < -0.4 is 5.32 Å². The molecule has 0 spiro atoms.